The fourth-order valence-electron chi connectivity index (χ4n) is 4.58. The van der Waals surface area contributed by atoms with E-state index in [-0.39, 0.29) is 17.7 Å². The zero-order valence-electron chi connectivity index (χ0n) is 9.98. The molecule has 2 unspecified atom stereocenters. The first kappa shape index (κ1) is 10.3. The molecule has 5 atom stereocenters. The van der Waals surface area contributed by atoms with E-state index < -0.39 is 0 Å². The predicted octanol–water partition coefficient (Wildman–Crippen LogP) is 1.47. The summed E-state index contributed by atoms with van der Waals surface area (Å²) in [5.41, 5.74) is 0. The van der Waals surface area contributed by atoms with Gasteiger partial charge in [0, 0.05) is 13.5 Å². The minimum absolute atomic E-state index is 0.0778. The third kappa shape index (κ3) is 1.20. The molecule has 2 saturated carbocycles. The van der Waals surface area contributed by atoms with Crippen LogP contribution in [0.25, 0.3) is 0 Å². The molecule has 2 aliphatic carbocycles. The molecule has 0 spiro atoms. The fraction of sp³-hybridized carbons (Fsp3) is 0.846. The van der Waals surface area contributed by atoms with Crippen LogP contribution in [0.1, 0.15) is 33.1 Å². The van der Waals surface area contributed by atoms with Gasteiger partial charge >= 0.3 is 0 Å². The number of ketones is 1. The largest absolute Gasteiger partial charge is 0.332 e. The number of nitrogens with zero attached hydrogens (tertiary/aromatic N) is 1. The van der Waals surface area contributed by atoms with Gasteiger partial charge in [0.25, 0.3) is 0 Å². The van der Waals surface area contributed by atoms with Crippen LogP contribution < -0.4 is 0 Å². The molecule has 1 heterocycles. The van der Waals surface area contributed by atoms with Crippen molar-refractivity contribution in [2.45, 2.75) is 39.2 Å². The Morgan fingerprint density at radius 3 is 2.44 bits per heavy atom. The number of amides is 1. The Bertz CT molecular complexity index is 352. The van der Waals surface area contributed by atoms with Gasteiger partial charge in [0.05, 0.1) is 6.04 Å². The molecule has 3 fully saturated rings. The Labute approximate surface area is 96.2 Å². The second-order valence-corrected chi connectivity index (χ2v) is 5.80. The minimum atomic E-state index is -0.0993. The maximum atomic E-state index is 11.8. The molecule has 1 saturated heterocycles. The number of carbonyl (C=O) groups is 2. The van der Waals surface area contributed by atoms with Crippen molar-refractivity contribution in [3.63, 3.8) is 0 Å². The molecule has 0 aromatic heterocycles. The molecule has 0 aromatic rings. The Kier molecular flexibility index (Phi) is 2.13. The Morgan fingerprint density at radius 1 is 1.12 bits per heavy atom. The highest BCUT2D eigenvalue weighted by Gasteiger charge is 2.57. The van der Waals surface area contributed by atoms with Crippen LogP contribution in [0, 0.1) is 23.7 Å². The summed E-state index contributed by atoms with van der Waals surface area (Å²) in [5, 5.41) is 0. The molecule has 1 amide bonds. The van der Waals surface area contributed by atoms with E-state index in [4.69, 9.17) is 0 Å². The summed E-state index contributed by atoms with van der Waals surface area (Å²) in [6, 6.07) is -0.0993. The van der Waals surface area contributed by atoms with Gasteiger partial charge in [-0.3, -0.25) is 9.59 Å². The number of fused-ring (bicyclic) bond motifs is 5. The molecule has 0 radical (unpaired) electrons. The van der Waals surface area contributed by atoms with Gasteiger partial charge in [-0.25, -0.2) is 0 Å². The molecule has 0 N–H and O–H groups in total. The number of Topliss-reactive ketones (excluding diaryl/α,β-unsaturated/α-hetero) is 1. The fourth-order valence-corrected chi connectivity index (χ4v) is 4.58. The highest BCUT2D eigenvalue weighted by atomic mass is 16.2. The molecular weight excluding hydrogens is 202 g/mol. The van der Waals surface area contributed by atoms with E-state index in [2.05, 4.69) is 0 Å². The van der Waals surface area contributed by atoms with Crippen LogP contribution >= 0.6 is 0 Å². The molecule has 3 heteroatoms. The first-order chi connectivity index (χ1) is 7.59. The molecule has 0 aromatic carbocycles. The number of hydrogen-bond acceptors (Lipinski definition) is 2. The van der Waals surface area contributed by atoms with Gasteiger partial charge in [-0.1, -0.05) is 0 Å². The van der Waals surface area contributed by atoms with E-state index >= 15 is 0 Å². The summed E-state index contributed by atoms with van der Waals surface area (Å²) in [6.45, 7) is 4.08. The first-order valence-electron chi connectivity index (χ1n) is 6.37. The lowest BCUT2D eigenvalue weighted by molar-refractivity contribution is -0.136. The summed E-state index contributed by atoms with van der Waals surface area (Å²) < 4.78 is 0. The van der Waals surface area contributed by atoms with E-state index in [0.717, 1.165) is 12.5 Å². The maximum Gasteiger partial charge on any atom is 0.220 e. The average Bonchev–Trinajstić information content (AvgIpc) is 2.87. The minimum Gasteiger partial charge on any atom is -0.332 e. The second kappa shape index (κ2) is 3.31. The van der Waals surface area contributed by atoms with Crippen molar-refractivity contribution in [2.24, 2.45) is 23.7 Å². The van der Waals surface area contributed by atoms with Gasteiger partial charge in [0.15, 0.2) is 5.78 Å². The van der Waals surface area contributed by atoms with Crippen LogP contribution in [0.15, 0.2) is 0 Å². The quantitative estimate of drug-likeness (QED) is 0.672. The summed E-state index contributed by atoms with van der Waals surface area (Å²) >= 11 is 0. The first-order valence-corrected chi connectivity index (χ1v) is 6.37. The van der Waals surface area contributed by atoms with Crippen LogP contribution in [0.3, 0.4) is 0 Å². The molecule has 3 nitrogen and oxygen atoms in total. The number of rotatable bonds is 1. The lowest BCUT2D eigenvalue weighted by Gasteiger charge is -2.28. The van der Waals surface area contributed by atoms with Gasteiger partial charge in [0.1, 0.15) is 0 Å². The van der Waals surface area contributed by atoms with Crippen LogP contribution in [-0.2, 0) is 9.59 Å². The topological polar surface area (TPSA) is 37.4 Å². The SMILES string of the molecule is CC(=O)[C@@H]1[C@H]2C3CCC(C3)[C@H]2CN1C(C)=O. The van der Waals surface area contributed by atoms with Gasteiger partial charge < -0.3 is 4.90 Å². The van der Waals surface area contributed by atoms with Crippen molar-refractivity contribution in [3.05, 3.63) is 0 Å². The number of hydrogen-bond donors (Lipinski definition) is 0. The zero-order valence-corrected chi connectivity index (χ0v) is 9.98. The maximum absolute atomic E-state index is 11.8. The normalized spacial score (nSPS) is 44.9. The summed E-state index contributed by atoms with van der Waals surface area (Å²) in [6.07, 6.45) is 3.91. The van der Waals surface area contributed by atoms with Crippen LogP contribution in [0.5, 0.6) is 0 Å². The van der Waals surface area contributed by atoms with E-state index in [0.29, 0.717) is 17.8 Å². The highest BCUT2D eigenvalue weighted by molar-refractivity contribution is 5.88. The Hall–Kier alpha value is -0.860. The van der Waals surface area contributed by atoms with Crippen molar-refractivity contribution in [3.8, 4) is 0 Å². The standard InChI is InChI=1S/C13H19NO2/c1-7(15)13-12-10-4-3-9(5-10)11(12)6-14(13)8(2)16/h9-13H,3-6H2,1-2H3/t9?,10?,11-,12+,13-/m1/s1. The van der Waals surface area contributed by atoms with Crippen LogP contribution in [0.2, 0.25) is 0 Å². The van der Waals surface area contributed by atoms with Gasteiger partial charge in [0.2, 0.25) is 5.91 Å². The highest BCUT2D eigenvalue weighted by Crippen LogP contribution is 2.57. The molecule has 3 rings (SSSR count). The summed E-state index contributed by atoms with van der Waals surface area (Å²) in [5.74, 6) is 2.88. The molecule has 2 bridgehead atoms. The molecule has 1 aliphatic heterocycles. The van der Waals surface area contributed by atoms with E-state index in [1.54, 1.807) is 13.8 Å². The number of carbonyl (C=O) groups excluding carboxylic acids is 2. The smallest absolute Gasteiger partial charge is 0.220 e. The third-order valence-corrected chi connectivity index (χ3v) is 5.09. The Morgan fingerprint density at radius 2 is 1.81 bits per heavy atom. The molecule has 88 valence electrons. The van der Waals surface area contributed by atoms with Crippen molar-refractivity contribution < 1.29 is 9.59 Å². The number of likely N-dealkylation sites (tertiary alicyclic amines) is 1. The van der Waals surface area contributed by atoms with Gasteiger partial charge in [-0.05, 0) is 49.9 Å². The summed E-state index contributed by atoms with van der Waals surface area (Å²) in [7, 11) is 0. The zero-order chi connectivity index (χ0) is 11.4. The lowest BCUT2D eigenvalue weighted by Crippen LogP contribution is -2.42. The lowest BCUT2D eigenvalue weighted by atomic mass is 9.77. The van der Waals surface area contributed by atoms with Gasteiger partial charge in [-0.2, -0.15) is 0 Å². The molecular formula is C13H19NO2. The van der Waals surface area contributed by atoms with Crippen molar-refractivity contribution in [2.75, 3.05) is 6.54 Å². The summed E-state index contributed by atoms with van der Waals surface area (Å²) in [4.78, 5) is 25.2. The van der Waals surface area contributed by atoms with Crippen LogP contribution in [-0.4, -0.2) is 29.2 Å². The predicted molar refractivity (Wildman–Crippen MR) is 59.7 cm³/mol. The third-order valence-electron chi connectivity index (χ3n) is 5.09. The Balaban J connectivity index is 1.93. The van der Waals surface area contributed by atoms with Gasteiger partial charge in [-0.15, -0.1) is 0 Å². The average molecular weight is 221 g/mol. The van der Waals surface area contributed by atoms with E-state index in [1.165, 1.54) is 19.3 Å². The van der Waals surface area contributed by atoms with Crippen molar-refractivity contribution >= 4 is 11.7 Å². The molecule has 3 aliphatic rings. The van der Waals surface area contributed by atoms with Crippen molar-refractivity contribution in [1.82, 2.24) is 4.90 Å². The van der Waals surface area contributed by atoms with Crippen molar-refractivity contribution in [1.29, 1.82) is 0 Å². The second-order valence-electron chi connectivity index (χ2n) is 5.80. The van der Waals surface area contributed by atoms with E-state index in [9.17, 15) is 9.59 Å². The molecule has 16 heavy (non-hydrogen) atoms. The van der Waals surface area contributed by atoms with Crippen LogP contribution in [0.4, 0.5) is 0 Å². The van der Waals surface area contributed by atoms with E-state index in [1.807, 2.05) is 4.90 Å². The monoisotopic (exact) mass is 221 g/mol.